The van der Waals surface area contributed by atoms with E-state index in [2.05, 4.69) is 15.2 Å². The number of morpholine rings is 1. The van der Waals surface area contributed by atoms with Gasteiger partial charge in [0.05, 0.1) is 52.7 Å². The largest absolute Gasteiger partial charge is 0.505 e. The van der Waals surface area contributed by atoms with Gasteiger partial charge in [-0.1, -0.05) is 47.5 Å². The summed E-state index contributed by atoms with van der Waals surface area (Å²) in [5, 5.41) is 12.7. The molecule has 36 heavy (non-hydrogen) atoms. The molecule has 1 aliphatic heterocycles. The molecule has 2 N–H and O–H groups in total. The number of halogens is 2. The molecular weight excluding hydrogens is 503 g/mol. The minimum Gasteiger partial charge on any atom is -0.505 e. The van der Waals surface area contributed by atoms with Crippen LogP contribution in [-0.4, -0.2) is 46.9 Å². The van der Waals surface area contributed by atoms with Crippen LogP contribution in [0.5, 0.6) is 5.75 Å². The predicted molar refractivity (Wildman–Crippen MR) is 141 cm³/mol. The first-order valence-corrected chi connectivity index (χ1v) is 12.1. The standard InChI is InChI=1S/C26H22Cl2N4O4/c27-18-12-17(13-19(28)24(18)33)25(34)30-21-6-3-5-20-23(21)26(35)32(15-29-20)14-16-4-1-2-7-22(16)31-8-10-36-11-9-31/h1-7,12-13,15,33H,8-11,14H2,(H,30,34). The first-order chi connectivity index (χ1) is 17.4. The number of nitrogens with one attached hydrogen (secondary N) is 1. The molecule has 1 fully saturated rings. The Morgan fingerprint density at radius 2 is 1.78 bits per heavy atom. The SMILES string of the molecule is O=C(Nc1cccc2ncn(Cc3ccccc3N3CCOCC3)c(=O)c12)c1cc(Cl)c(O)c(Cl)c1. The van der Waals surface area contributed by atoms with Crippen molar-refractivity contribution in [2.45, 2.75) is 6.54 Å². The van der Waals surface area contributed by atoms with Gasteiger partial charge in [0.1, 0.15) is 0 Å². The van der Waals surface area contributed by atoms with Crippen molar-refractivity contribution in [3.05, 3.63) is 92.5 Å². The molecule has 184 valence electrons. The van der Waals surface area contributed by atoms with E-state index in [0.717, 1.165) is 24.3 Å². The molecule has 3 aromatic carbocycles. The summed E-state index contributed by atoms with van der Waals surface area (Å²) < 4.78 is 7.01. The molecular formula is C26H22Cl2N4O4. The second kappa shape index (κ2) is 10.2. The average Bonchev–Trinajstić information content (AvgIpc) is 2.89. The molecule has 10 heteroatoms. The first-order valence-electron chi connectivity index (χ1n) is 11.3. The average molecular weight is 525 g/mol. The minimum absolute atomic E-state index is 0.0477. The van der Waals surface area contributed by atoms with Crippen LogP contribution in [0.1, 0.15) is 15.9 Å². The highest BCUT2D eigenvalue weighted by Gasteiger charge is 2.18. The van der Waals surface area contributed by atoms with Crippen LogP contribution < -0.4 is 15.8 Å². The summed E-state index contributed by atoms with van der Waals surface area (Å²) in [6, 6.07) is 15.6. The number of rotatable bonds is 5. The van der Waals surface area contributed by atoms with Crippen LogP contribution >= 0.6 is 23.2 Å². The number of fused-ring (bicyclic) bond motifs is 1. The highest BCUT2D eigenvalue weighted by Crippen LogP contribution is 2.33. The zero-order valence-corrected chi connectivity index (χ0v) is 20.6. The summed E-state index contributed by atoms with van der Waals surface area (Å²) in [6.45, 7) is 3.20. The van der Waals surface area contributed by atoms with Gasteiger partial charge in [-0.3, -0.25) is 14.2 Å². The maximum Gasteiger partial charge on any atom is 0.263 e. The van der Waals surface area contributed by atoms with E-state index in [1.54, 1.807) is 18.2 Å². The molecule has 0 aliphatic carbocycles. The fourth-order valence-electron chi connectivity index (χ4n) is 4.25. The Morgan fingerprint density at radius 1 is 1.06 bits per heavy atom. The Morgan fingerprint density at radius 3 is 2.53 bits per heavy atom. The lowest BCUT2D eigenvalue weighted by molar-refractivity contribution is 0.102. The summed E-state index contributed by atoms with van der Waals surface area (Å²) in [7, 11) is 0. The molecule has 5 rings (SSSR count). The smallest absolute Gasteiger partial charge is 0.263 e. The van der Waals surface area contributed by atoms with E-state index >= 15 is 0 Å². The van der Waals surface area contributed by atoms with Crippen molar-refractivity contribution in [2.24, 2.45) is 0 Å². The molecule has 0 saturated carbocycles. The third kappa shape index (κ3) is 4.75. The van der Waals surface area contributed by atoms with Crippen LogP contribution in [0.2, 0.25) is 10.0 Å². The monoisotopic (exact) mass is 524 g/mol. The van der Waals surface area contributed by atoms with Crippen molar-refractivity contribution in [1.82, 2.24) is 9.55 Å². The summed E-state index contributed by atoms with van der Waals surface area (Å²) in [4.78, 5) is 33.2. The number of benzene rings is 3. The second-order valence-electron chi connectivity index (χ2n) is 8.35. The number of carbonyl (C=O) groups excluding carboxylic acids is 1. The van der Waals surface area contributed by atoms with E-state index in [0.29, 0.717) is 31.0 Å². The molecule has 1 amide bonds. The summed E-state index contributed by atoms with van der Waals surface area (Å²) in [5.41, 5.74) is 2.66. The maximum absolute atomic E-state index is 13.6. The van der Waals surface area contributed by atoms with Crippen molar-refractivity contribution in [1.29, 1.82) is 0 Å². The molecule has 0 bridgehead atoms. The Balaban J connectivity index is 1.49. The molecule has 8 nitrogen and oxygen atoms in total. The number of aromatic hydroxyl groups is 1. The van der Waals surface area contributed by atoms with Crippen LogP contribution in [0.15, 0.2) is 65.7 Å². The van der Waals surface area contributed by atoms with Gasteiger partial charge < -0.3 is 20.1 Å². The summed E-state index contributed by atoms with van der Waals surface area (Å²) in [6.07, 6.45) is 1.52. The normalized spacial score (nSPS) is 13.7. The van der Waals surface area contributed by atoms with E-state index in [4.69, 9.17) is 27.9 Å². The van der Waals surface area contributed by atoms with Gasteiger partial charge in [0.15, 0.2) is 5.75 Å². The molecule has 0 atom stereocenters. The second-order valence-corrected chi connectivity index (χ2v) is 9.16. The number of nitrogens with zero attached hydrogens (tertiary/aromatic N) is 3. The van der Waals surface area contributed by atoms with Crippen LogP contribution in [-0.2, 0) is 11.3 Å². The Hall–Kier alpha value is -3.59. The van der Waals surface area contributed by atoms with Crippen molar-refractivity contribution in [2.75, 3.05) is 36.5 Å². The number of phenols is 1. The molecule has 2 heterocycles. The lowest BCUT2D eigenvalue weighted by atomic mass is 10.1. The van der Waals surface area contributed by atoms with Gasteiger partial charge in [0.2, 0.25) is 0 Å². The van der Waals surface area contributed by atoms with Gasteiger partial charge in [-0.05, 0) is 35.9 Å². The number of carbonyl (C=O) groups is 1. The minimum atomic E-state index is -0.529. The highest BCUT2D eigenvalue weighted by atomic mass is 35.5. The fourth-order valence-corrected chi connectivity index (χ4v) is 4.74. The van der Waals surface area contributed by atoms with E-state index in [1.807, 2.05) is 24.3 Å². The number of phenolic OH excluding ortho intramolecular Hbond substituents is 1. The fraction of sp³-hybridized carbons (Fsp3) is 0.192. The number of hydrogen-bond acceptors (Lipinski definition) is 6. The lowest BCUT2D eigenvalue weighted by Gasteiger charge is -2.30. The Labute approximate surface area is 216 Å². The molecule has 1 aliphatic rings. The zero-order chi connectivity index (χ0) is 25.2. The molecule has 0 unspecified atom stereocenters. The number of amides is 1. The molecule has 0 radical (unpaired) electrons. The molecule has 4 aromatic rings. The van der Waals surface area contributed by atoms with Crippen molar-refractivity contribution >= 4 is 51.4 Å². The molecule has 1 aromatic heterocycles. The van der Waals surface area contributed by atoms with Gasteiger partial charge in [-0.25, -0.2) is 4.98 Å². The first kappa shape index (κ1) is 24.1. The third-order valence-corrected chi connectivity index (χ3v) is 6.64. The molecule has 1 saturated heterocycles. The van der Waals surface area contributed by atoms with E-state index in [-0.39, 0.29) is 32.3 Å². The van der Waals surface area contributed by atoms with Crippen LogP contribution in [0.3, 0.4) is 0 Å². The quantitative estimate of drug-likeness (QED) is 0.397. The number of para-hydroxylation sites is 1. The zero-order valence-electron chi connectivity index (χ0n) is 19.1. The number of ether oxygens (including phenoxy) is 1. The maximum atomic E-state index is 13.6. The topological polar surface area (TPSA) is 96.7 Å². The van der Waals surface area contributed by atoms with Crippen molar-refractivity contribution in [3.8, 4) is 5.75 Å². The van der Waals surface area contributed by atoms with Gasteiger partial charge >= 0.3 is 0 Å². The number of anilines is 2. The van der Waals surface area contributed by atoms with Gasteiger partial charge in [0, 0.05) is 24.3 Å². The van der Waals surface area contributed by atoms with Crippen LogP contribution in [0.4, 0.5) is 11.4 Å². The van der Waals surface area contributed by atoms with E-state index in [1.165, 1.54) is 23.0 Å². The highest BCUT2D eigenvalue weighted by molar-refractivity contribution is 6.37. The summed E-state index contributed by atoms with van der Waals surface area (Å²) in [5.74, 6) is -0.830. The predicted octanol–water partition coefficient (Wildman–Crippen LogP) is 4.55. The van der Waals surface area contributed by atoms with Crippen molar-refractivity contribution < 1.29 is 14.6 Å². The number of aromatic nitrogens is 2. The Bertz CT molecular complexity index is 1490. The van der Waals surface area contributed by atoms with Gasteiger partial charge in [-0.2, -0.15) is 0 Å². The van der Waals surface area contributed by atoms with Crippen LogP contribution in [0, 0.1) is 0 Å². The third-order valence-electron chi connectivity index (χ3n) is 6.06. The van der Waals surface area contributed by atoms with Gasteiger partial charge in [-0.15, -0.1) is 0 Å². The Kier molecular flexibility index (Phi) is 6.82. The summed E-state index contributed by atoms with van der Waals surface area (Å²) >= 11 is 11.9. The lowest BCUT2D eigenvalue weighted by Crippen LogP contribution is -2.37. The van der Waals surface area contributed by atoms with E-state index in [9.17, 15) is 14.7 Å². The van der Waals surface area contributed by atoms with Gasteiger partial charge in [0.25, 0.3) is 11.5 Å². The molecule has 0 spiro atoms. The van der Waals surface area contributed by atoms with E-state index < -0.39 is 5.91 Å². The van der Waals surface area contributed by atoms with Crippen LogP contribution in [0.25, 0.3) is 10.9 Å². The van der Waals surface area contributed by atoms with Crippen molar-refractivity contribution in [3.63, 3.8) is 0 Å². The number of hydrogen-bond donors (Lipinski definition) is 2.